The summed E-state index contributed by atoms with van der Waals surface area (Å²) in [5.74, 6) is 0. The van der Waals surface area contributed by atoms with Gasteiger partial charge in [0.25, 0.3) is 6.47 Å². The first-order chi connectivity index (χ1) is 2.83. The van der Waals surface area contributed by atoms with E-state index in [1.165, 1.54) is 0 Å². The Morgan fingerprint density at radius 3 is 1.50 bits per heavy atom. The highest BCUT2D eigenvalue weighted by Gasteiger charge is 1.22. The van der Waals surface area contributed by atoms with Crippen molar-refractivity contribution < 1.29 is 21.6 Å². The van der Waals surface area contributed by atoms with Gasteiger partial charge in [-0.05, 0) is 0 Å². The highest BCUT2D eigenvalue weighted by atomic mass is 16.3. The molecule has 0 unspecified atom stereocenters. The fourth-order valence-corrected chi connectivity index (χ4v) is 0. The van der Waals surface area contributed by atoms with E-state index in [2.05, 4.69) is 5.73 Å². The van der Waals surface area contributed by atoms with E-state index in [9.17, 15) is 0 Å². The van der Waals surface area contributed by atoms with Crippen LogP contribution in [-0.2, 0) is 9.59 Å². The zero-order valence-corrected chi connectivity index (χ0v) is 4.20. The van der Waals surface area contributed by atoms with E-state index >= 15 is 0 Å². The molecule has 0 saturated carbocycles. The van der Waals surface area contributed by atoms with Crippen molar-refractivity contribution in [3.05, 3.63) is 0 Å². The Kier molecular flexibility index (Phi) is 674. The third kappa shape index (κ3) is 55.7. The molecule has 8 heavy (non-hydrogen) atoms. The van der Waals surface area contributed by atoms with Gasteiger partial charge in [0.15, 0.2) is 0 Å². The molecule has 0 fully saturated rings. The van der Waals surface area contributed by atoms with E-state index in [-0.39, 0.29) is 25.9 Å². The number of carboxylic acid groups (broad SMARTS) is 1. The molecule has 0 aliphatic heterocycles. The van der Waals surface area contributed by atoms with Crippen molar-refractivity contribution in [1.82, 2.24) is 6.15 Å². The Morgan fingerprint density at radius 2 is 1.50 bits per heavy atom. The van der Waals surface area contributed by atoms with Gasteiger partial charge in [0, 0.05) is 1.43 Å². The lowest BCUT2D eigenvalue weighted by atomic mass is 11.5. The van der Waals surface area contributed by atoms with Crippen molar-refractivity contribution in [3.8, 4) is 0 Å². The second-order valence-corrected chi connectivity index (χ2v) is 0.241. The molecule has 0 atom stereocenters. The molecule has 0 saturated heterocycles. The molecule has 6 heteroatoms. The fourth-order valence-electron chi connectivity index (χ4n) is 0. The van der Waals surface area contributed by atoms with Crippen LogP contribution in [0.4, 0.5) is 0 Å². The lowest BCUT2D eigenvalue weighted by Gasteiger charge is -1.34. The van der Waals surface area contributed by atoms with Crippen LogP contribution >= 0.6 is 0 Å². The van der Waals surface area contributed by atoms with Gasteiger partial charge >= 0.3 is 0 Å². The lowest BCUT2D eigenvalue weighted by molar-refractivity contribution is -0.122. The van der Waals surface area contributed by atoms with E-state index < -0.39 is 0 Å². The van der Waals surface area contributed by atoms with Crippen molar-refractivity contribution >= 4 is 12.9 Å². The number of primary amides is 1. The van der Waals surface area contributed by atoms with Crippen LogP contribution in [0.2, 0.25) is 0 Å². The molecule has 8 N–H and O–H groups in total. The second kappa shape index (κ2) is 187. The summed E-state index contributed by atoms with van der Waals surface area (Å²) in [5, 5.41) is 6.89. The predicted octanol–water partition coefficient (Wildman–Crippen LogP) is -1.61. The largest absolute Gasteiger partial charge is 0.483 e. The molecule has 0 bridgehead atoms. The summed E-state index contributed by atoms with van der Waals surface area (Å²) in [6.45, 7) is -0.250. The molecular formula is C2H12N2O4. The maximum atomic E-state index is 8.58. The predicted molar refractivity (Wildman–Crippen MR) is 29.7 cm³/mol. The Balaban J connectivity index is -0.00000000889. The summed E-state index contributed by atoms with van der Waals surface area (Å²) in [6, 6.07) is 0. The lowest BCUT2D eigenvalue weighted by Crippen LogP contribution is -1.82. The molecule has 0 aromatic rings. The number of hydrogen-bond donors (Lipinski definition) is 3. The third-order valence-electron chi connectivity index (χ3n) is 0. The van der Waals surface area contributed by atoms with Crippen molar-refractivity contribution in [2.75, 3.05) is 0 Å². The number of carbonyl (C=O) groups excluding carboxylic acids is 1. The topological polar surface area (TPSA) is 147 Å². The molecule has 0 heterocycles. The molecule has 54 valence electrons. The maximum absolute atomic E-state index is 8.58. The van der Waals surface area contributed by atoms with Crippen LogP contribution in [-0.4, -0.2) is 23.5 Å². The van der Waals surface area contributed by atoms with Crippen LogP contribution in [0, 0.1) is 0 Å². The van der Waals surface area contributed by atoms with Crippen LogP contribution in [0.3, 0.4) is 0 Å². The number of rotatable bonds is 0. The zero-order valence-electron chi connectivity index (χ0n) is 4.20. The first-order valence-corrected chi connectivity index (χ1v) is 1.06. The number of carbonyl (C=O) groups is 2. The summed E-state index contributed by atoms with van der Waals surface area (Å²) in [6.07, 6.45) is 0.250. The molecule has 0 aromatic carbocycles. The average molecular weight is 130 g/mol. The minimum atomic E-state index is -0.250. The van der Waals surface area contributed by atoms with Gasteiger partial charge in [0.05, 0.1) is 0 Å². The smallest absolute Gasteiger partial charge is 0.290 e. The highest BCUT2D eigenvalue weighted by Crippen LogP contribution is 0.966. The molecule has 0 aliphatic carbocycles. The molecule has 0 spiro atoms. The van der Waals surface area contributed by atoms with Crippen LogP contribution < -0.4 is 11.9 Å². The van der Waals surface area contributed by atoms with Crippen LogP contribution in [0.5, 0.6) is 0 Å². The van der Waals surface area contributed by atoms with E-state index in [1.54, 1.807) is 0 Å². The molecule has 0 rings (SSSR count). The van der Waals surface area contributed by atoms with E-state index in [0.717, 1.165) is 0 Å². The second-order valence-electron chi connectivity index (χ2n) is 0.241. The zero-order chi connectivity index (χ0) is 5.41. The van der Waals surface area contributed by atoms with Crippen LogP contribution in [0.1, 0.15) is 1.43 Å². The molecule has 0 aliphatic rings. The summed E-state index contributed by atoms with van der Waals surface area (Å²) in [4.78, 5) is 16.9. The van der Waals surface area contributed by atoms with Crippen molar-refractivity contribution in [2.24, 2.45) is 5.73 Å². The summed E-state index contributed by atoms with van der Waals surface area (Å²) >= 11 is 0. The number of amides is 1. The van der Waals surface area contributed by atoms with Gasteiger partial charge in [0.1, 0.15) is 0 Å². The summed E-state index contributed by atoms with van der Waals surface area (Å²) < 4.78 is 0. The van der Waals surface area contributed by atoms with Gasteiger partial charge in [0.2, 0.25) is 6.41 Å². The SMILES string of the molecule is N.NC=O.O.O=CO.[3HH]. The van der Waals surface area contributed by atoms with Gasteiger partial charge in [-0.3, -0.25) is 9.59 Å². The minimum Gasteiger partial charge on any atom is -0.483 e. The highest BCUT2D eigenvalue weighted by molar-refractivity contribution is 5.42. The molecule has 6 nitrogen and oxygen atoms in total. The van der Waals surface area contributed by atoms with E-state index in [1.807, 2.05) is 0 Å². The molecule has 0 aromatic heterocycles. The van der Waals surface area contributed by atoms with Crippen molar-refractivity contribution in [1.29, 1.82) is 0 Å². The van der Waals surface area contributed by atoms with Crippen molar-refractivity contribution in [3.63, 3.8) is 0 Å². The van der Waals surface area contributed by atoms with Gasteiger partial charge in [-0.2, -0.15) is 0 Å². The first-order valence-electron chi connectivity index (χ1n) is 1.06. The van der Waals surface area contributed by atoms with Gasteiger partial charge in [-0.25, -0.2) is 0 Å². The number of nitrogens with two attached hydrogens (primary N) is 1. The monoisotopic (exact) mass is 130 g/mol. The Morgan fingerprint density at radius 1 is 1.50 bits per heavy atom. The third-order valence-corrected chi connectivity index (χ3v) is 0. The molecular weight excluding hydrogens is 116 g/mol. The van der Waals surface area contributed by atoms with Crippen LogP contribution in [0.25, 0.3) is 0 Å². The normalized spacial score (nSPS) is 3.00. The van der Waals surface area contributed by atoms with Gasteiger partial charge < -0.3 is 22.5 Å². The van der Waals surface area contributed by atoms with Gasteiger partial charge in [-0.1, -0.05) is 0 Å². The Hall–Kier alpha value is -1.14. The van der Waals surface area contributed by atoms with E-state index in [0.29, 0.717) is 0 Å². The average Bonchev–Trinajstić information content (AvgIpc) is 1.39. The van der Waals surface area contributed by atoms with Crippen molar-refractivity contribution in [2.45, 2.75) is 0 Å². The molecule has 1 amide bonds. The summed E-state index contributed by atoms with van der Waals surface area (Å²) in [7, 11) is 0. The number of hydrogen-bond acceptors (Lipinski definition) is 3. The van der Waals surface area contributed by atoms with Gasteiger partial charge in [-0.15, -0.1) is 0 Å². The molecule has 0 radical (unpaired) electrons. The summed E-state index contributed by atoms with van der Waals surface area (Å²) in [5.41, 5.74) is 4.17. The standard InChI is InChI=1S/CH3NO.CH2O2.H3N.H2O.H2/c2*2-1-3;;;/h1H,(H2,2,3);1H,(H,2,3);1H3;1H2;1H/i;;;;1+2. The first kappa shape index (κ1) is 28.8. The fraction of sp³-hybridized carbons (Fsp3) is 0. The Labute approximate surface area is 47.7 Å². The van der Waals surface area contributed by atoms with Crippen LogP contribution in [0.15, 0.2) is 0 Å². The van der Waals surface area contributed by atoms with E-state index in [4.69, 9.17) is 14.7 Å². The maximum Gasteiger partial charge on any atom is 0.290 e. The quantitative estimate of drug-likeness (QED) is 0.338. The Bertz CT molecular complexity index is 37.5. The minimum absolute atomic E-state index is 0.